The quantitative estimate of drug-likeness (QED) is 0.109. The van der Waals surface area contributed by atoms with Gasteiger partial charge in [-0.05, 0) is 46.2 Å². The van der Waals surface area contributed by atoms with Crippen LogP contribution in [0.25, 0.3) is 0 Å². The second kappa shape index (κ2) is 25.1. The topological polar surface area (TPSA) is 3.24 Å². The molecular weight excluding hydrogens is 398 g/mol. The van der Waals surface area contributed by atoms with Crippen LogP contribution in [0.5, 0.6) is 0 Å². The predicted molar refractivity (Wildman–Crippen MR) is 153 cm³/mol. The van der Waals surface area contributed by atoms with E-state index in [-0.39, 0.29) is 0 Å². The third-order valence-corrected chi connectivity index (χ3v) is 7.81. The molecule has 0 saturated heterocycles. The van der Waals surface area contributed by atoms with Gasteiger partial charge in [-0.3, -0.25) is 4.90 Å². The minimum absolute atomic E-state index is 0.381. The van der Waals surface area contributed by atoms with Crippen molar-refractivity contribution < 1.29 is 0 Å². The van der Waals surface area contributed by atoms with Gasteiger partial charge in [0, 0.05) is 5.54 Å². The van der Waals surface area contributed by atoms with Crippen LogP contribution in [0, 0.1) is 0 Å². The van der Waals surface area contributed by atoms with Gasteiger partial charge in [-0.1, -0.05) is 156 Å². The smallest absolute Gasteiger partial charge is 0.0153 e. The Labute approximate surface area is 212 Å². The molecule has 0 unspecified atom stereocenters. The molecule has 0 rings (SSSR count). The fourth-order valence-corrected chi connectivity index (χ4v) is 5.26. The molecular formula is C32H67N. The zero-order valence-corrected chi connectivity index (χ0v) is 24.3. The highest BCUT2D eigenvalue weighted by Gasteiger charge is 2.25. The molecule has 0 N–H and O–H groups in total. The summed E-state index contributed by atoms with van der Waals surface area (Å²) in [5, 5.41) is 0. The van der Waals surface area contributed by atoms with E-state index in [4.69, 9.17) is 0 Å². The predicted octanol–water partition coefficient (Wildman–Crippen LogP) is 11.5. The maximum Gasteiger partial charge on any atom is 0.0153 e. The van der Waals surface area contributed by atoms with Gasteiger partial charge >= 0.3 is 0 Å². The van der Waals surface area contributed by atoms with E-state index >= 15 is 0 Å². The highest BCUT2D eigenvalue weighted by atomic mass is 15.2. The number of nitrogens with zero attached hydrogens (tertiary/aromatic N) is 1. The molecule has 1 heteroatoms. The molecule has 0 saturated carbocycles. The van der Waals surface area contributed by atoms with Gasteiger partial charge in [-0.25, -0.2) is 0 Å². The molecule has 200 valence electrons. The van der Waals surface area contributed by atoms with Crippen molar-refractivity contribution in [1.29, 1.82) is 0 Å². The summed E-state index contributed by atoms with van der Waals surface area (Å²) in [7, 11) is 0. The fourth-order valence-electron chi connectivity index (χ4n) is 5.26. The third kappa shape index (κ3) is 22.2. The molecule has 0 amide bonds. The standard InChI is InChI=1S/C32H67N/c1-6-9-12-15-17-19-21-24-27-30-33(32(4,5)29-26-23-14-11-8-3)31-28-25-22-20-18-16-13-10-7-2/h6-31H2,1-5H3. The van der Waals surface area contributed by atoms with E-state index in [1.54, 1.807) is 0 Å². The van der Waals surface area contributed by atoms with Gasteiger partial charge in [0.05, 0.1) is 0 Å². The molecule has 0 aliphatic heterocycles. The molecule has 0 aliphatic carbocycles. The minimum Gasteiger partial charge on any atom is -0.298 e. The van der Waals surface area contributed by atoms with Gasteiger partial charge in [-0.2, -0.15) is 0 Å². The lowest BCUT2D eigenvalue weighted by atomic mass is 9.93. The summed E-state index contributed by atoms with van der Waals surface area (Å²) >= 11 is 0. The SMILES string of the molecule is CCCCCCCCCCCN(CCCCCCCCCCC)C(C)(C)CCCCCCC. The van der Waals surface area contributed by atoms with E-state index in [0.717, 1.165) is 0 Å². The molecule has 0 aliphatic rings. The highest BCUT2D eigenvalue weighted by molar-refractivity contribution is 4.81. The molecule has 0 fully saturated rings. The van der Waals surface area contributed by atoms with Crippen LogP contribution in [-0.4, -0.2) is 23.5 Å². The molecule has 1 nitrogen and oxygen atoms in total. The molecule has 0 spiro atoms. The maximum absolute atomic E-state index is 2.88. The van der Waals surface area contributed by atoms with Gasteiger partial charge in [0.1, 0.15) is 0 Å². The highest BCUT2D eigenvalue weighted by Crippen LogP contribution is 2.24. The summed E-state index contributed by atoms with van der Waals surface area (Å²) in [5.41, 5.74) is 0.381. The first-order chi connectivity index (χ1) is 16.1. The average molecular weight is 466 g/mol. The van der Waals surface area contributed by atoms with Crippen LogP contribution in [0.4, 0.5) is 0 Å². The normalized spacial score (nSPS) is 12.2. The van der Waals surface area contributed by atoms with Crippen LogP contribution in [0.2, 0.25) is 0 Å². The Balaban J connectivity index is 4.18. The number of hydrogen-bond acceptors (Lipinski definition) is 1. The van der Waals surface area contributed by atoms with E-state index in [1.807, 2.05) is 0 Å². The van der Waals surface area contributed by atoms with E-state index in [1.165, 1.54) is 167 Å². The van der Waals surface area contributed by atoms with Crippen molar-refractivity contribution in [2.45, 2.75) is 194 Å². The first-order valence-corrected chi connectivity index (χ1v) is 15.8. The van der Waals surface area contributed by atoms with Crippen LogP contribution in [-0.2, 0) is 0 Å². The number of hydrogen-bond donors (Lipinski definition) is 0. The van der Waals surface area contributed by atoms with Gasteiger partial charge in [-0.15, -0.1) is 0 Å². The van der Waals surface area contributed by atoms with Crippen LogP contribution in [0.1, 0.15) is 189 Å². The first kappa shape index (κ1) is 33.0. The summed E-state index contributed by atoms with van der Waals surface area (Å²) in [5.74, 6) is 0. The Morgan fingerprint density at radius 2 is 0.636 bits per heavy atom. The van der Waals surface area contributed by atoms with Crippen molar-refractivity contribution in [1.82, 2.24) is 4.90 Å². The number of rotatable bonds is 27. The zero-order chi connectivity index (χ0) is 24.5. The maximum atomic E-state index is 2.88. The molecule has 0 aromatic carbocycles. The van der Waals surface area contributed by atoms with Gasteiger partial charge in [0.2, 0.25) is 0 Å². The van der Waals surface area contributed by atoms with Crippen molar-refractivity contribution in [3.8, 4) is 0 Å². The summed E-state index contributed by atoms with van der Waals surface area (Å²) in [6.45, 7) is 14.7. The zero-order valence-electron chi connectivity index (χ0n) is 24.3. The molecule has 0 atom stereocenters. The molecule has 0 radical (unpaired) electrons. The molecule has 0 bridgehead atoms. The van der Waals surface area contributed by atoms with Crippen LogP contribution in [0.15, 0.2) is 0 Å². The lowest BCUT2D eigenvalue weighted by molar-refractivity contribution is 0.102. The van der Waals surface area contributed by atoms with Crippen LogP contribution in [0.3, 0.4) is 0 Å². The fraction of sp³-hybridized carbons (Fsp3) is 1.00. The van der Waals surface area contributed by atoms with Gasteiger partial charge in [0.25, 0.3) is 0 Å². The first-order valence-electron chi connectivity index (χ1n) is 15.8. The van der Waals surface area contributed by atoms with Crippen molar-refractivity contribution in [2.75, 3.05) is 13.1 Å². The average Bonchev–Trinajstić information content (AvgIpc) is 2.80. The van der Waals surface area contributed by atoms with E-state index in [2.05, 4.69) is 39.5 Å². The lowest BCUT2D eigenvalue weighted by Gasteiger charge is -2.39. The van der Waals surface area contributed by atoms with Gasteiger partial charge < -0.3 is 0 Å². The Hall–Kier alpha value is -0.0400. The van der Waals surface area contributed by atoms with Crippen LogP contribution >= 0.6 is 0 Å². The Kier molecular flexibility index (Phi) is 25.0. The van der Waals surface area contributed by atoms with E-state index in [9.17, 15) is 0 Å². The largest absolute Gasteiger partial charge is 0.298 e. The summed E-state index contributed by atoms with van der Waals surface area (Å²) < 4.78 is 0. The molecule has 33 heavy (non-hydrogen) atoms. The van der Waals surface area contributed by atoms with Crippen molar-refractivity contribution in [2.24, 2.45) is 0 Å². The van der Waals surface area contributed by atoms with Crippen LogP contribution < -0.4 is 0 Å². The summed E-state index contributed by atoms with van der Waals surface area (Å²) in [6.07, 6.45) is 34.3. The second-order valence-electron chi connectivity index (χ2n) is 11.6. The van der Waals surface area contributed by atoms with Gasteiger partial charge in [0.15, 0.2) is 0 Å². The lowest BCUT2D eigenvalue weighted by Crippen LogP contribution is -2.45. The molecule has 0 heterocycles. The third-order valence-electron chi connectivity index (χ3n) is 7.81. The molecule has 0 aromatic heterocycles. The van der Waals surface area contributed by atoms with Crippen molar-refractivity contribution in [3.05, 3.63) is 0 Å². The summed E-state index contributed by atoms with van der Waals surface area (Å²) in [6, 6.07) is 0. The monoisotopic (exact) mass is 466 g/mol. The van der Waals surface area contributed by atoms with E-state index < -0.39 is 0 Å². The van der Waals surface area contributed by atoms with E-state index in [0.29, 0.717) is 5.54 Å². The Bertz CT molecular complexity index is 340. The van der Waals surface area contributed by atoms with Crippen molar-refractivity contribution >= 4 is 0 Å². The number of unbranched alkanes of at least 4 members (excludes halogenated alkanes) is 20. The molecule has 0 aromatic rings. The van der Waals surface area contributed by atoms with Crippen molar-refractivity contribution in [3.63, 3.8) is 0 Å². The second-order valence-corrected chi connectivity index (χ2v) is 11.6. The Morgan fingerprint density at radius 1 is 0.364 bits per heavy atom. The minimum atomic E-state index is 0.381. The summed E-state index contributed by atoms with van der Waals surface area (Å²) in [4.78, 5) is 2.88. The Morgan fingerprint density at radius 3 is 0.970 bits per heavy atom.